The van der Waals surface area contributed by atoms with Crippen LogP contribution in [0.25, 0.3) is 0 Å². The number of likely N-dealkylation sites (N-methyl/N-ethyl adjacent to an activating group) is 1. The summed E-state index contributed by atoms with van der Waals surface area (Å²) in [4.78, 5) is 31.9. The quantitative estimate of drug-likeness (QED) is 0.659. The maximum absolute atomic E-state index is 13.8. The van der Waals surface area contributed by atoms with Gasteiger partial charge in [0, 0.05) is 30.6 Å². The van der Waals surface area contributed by atoms with Crippen molar-refractivity contribution in [1.29, 1.82) is 0 Å². The van der Waals surface area contributed by atoms with Gasteiger partial charge in [0.2, 0.25) is 5.91 Å². The Balaban J connectivity index is 1.89. The molecule has 4 rings (SSSR count). The van der Waals surface area contributed by atoms with Crippen molar-refractivity contribution in [2.24, 2.45) is 0 Å². The third-order valence-corrected chi connectivity index (χ3v) is 7.06. The lowest BCUT2D eigenvalue weighted by molar-refractivity contribution is -0.133. The molecule has 2 aliphatic rings. The largest absolute Gasteiger partial charge is 0.493 e. The van der Waals surface area contributed by atoms with Gasteiger partial charge in [0.25, 0.3) is 5.91 Å². The van der Waals surface area contributed by atoms with Crippen LogP contribution in [-0.2, 0) is 4.79 Å². The molecule has 0 saturated carbocycles. The summed E-state index contributed by atoms with van der Waals surface area (Å²) in [6, 6.07) is 11.2. The summed E-state index contributed by atoms with van der Waals surface area (Å²) < 4.78 is 10.9. The molecule has 164 valence electrons. The van der Waals surface area contributed by atoms with Gasteiger partial charge in [-0.1, -0.05) is 12.1 Å². The van der Waals surface area contributed by atoms with Crippen molar-refractivity contribution in [3.63, 3.8) is 0 Å². The Bertz CT molecular complexity index is 986. The molecular weight excluding hydrogens is 412 g/mol. The number of carbonyl (C=O) groups excluding carboxylic acids is 2. The fourth-order valence-corrected chi connectivity index (χ4v) is 5.07. The predicted octanol–water partition coefficient (Wildman–Crippen LogP) is 3.96. The van der Waals surface area contributed by atoms with E-state index in [9.17, 15) is 9.59 Å². The molecule has 0 radical (unpaired) electrons. The summed E-state index contributed by atoms with van der Waals surface area (Å²) in [5, 5.41) is 0. The molecule has 2 aromatic carbocycles. The van der Waals surface area contributed by atoms with Gasteiger partial charge in [-0.2, -0.15) is 0 Å². The lowest BCUT2D eigenvalue weighted by Crippen LogP contribution is -2.46. The molecule has 6 nitrogen and oxygen atoms in total. The molecule has 2 aromatic rings. The van der Waals surface area contributed by atoms with Crippen molar-refractivity contribution in [3.05, 3.63) is 53.1 Å². The lowest BCUT2D eigenvalue weighted by atomic mass is 9.79. The van der Waals surface area contributed by atoms with E-state index in [0.717, 1.165) is 36.4 Å². The minimum atomic E-state index is -0.504. The first-order chi connectivity index (χ1) is 15.0. The Morgan fingerprint density at radius 2 is 1.65 bits per heavy atom. The highest BCUT2D eigenvalue weighted by atomic mass is 32.2. The Morgan fingerprint density at radius 1 is 1.03 bits per heavy atom. The molecule has 1 saturated heterocycles. The van der Waals surface area contributed by atoms with Crippen LogP contribution in [0.4, 0.5) is 0 Å². The van der Waals surface area contributed by atoms with Gasteiger partial charge >= 0.3 is 0 Å². The van der Waals surface area contributed by atoms with E-state index < -0.39 is 5.92 Å². The summed E-state index contributed by atoms with van der Waals surface area (Å²) in [6.07, 6.45) is 4.05. The second-order valence-electron chi connectivity index (χ2n) is 7.94. The first-order valence-corrected chi connectivity index (χ1v) is 11.7. The highest BCUT2D eigenvalue weighted by Crippen LogP contribution is 2.46. The van der Waals surface area contributed by atoms with Gasteiger partial charge in [-0.25, -0.2) is 0 Å². The maximum Gasteiger partial charge on any atom is 0.254 e. The highest BCUT2D eigenvalue weighted by molar-refractivity contribution is 7.98. The summed E-state index contributed by atoms with van der Waals surface area (Å²) in [6.45, 7) is 1.52. The molecule has 0 N–H and O–H groups in total. The van der Waals surface area contributed by atoms with Crippen molar-refractivity contribution in [1.82, 2.24) is 9.80 Å². The number of amides is 2. The Labute approximate surface area is 187 Å². The number of hydrogen-bond donors (Lipinski definition) is 0. The SMILES string of the molecule is COc1cc2c(cc1OC)C(C(=O)N1CCCC1)C(c1ccc(SC)cc1)N(C)C2=O. The van der Waals surface area contributed by atoms with Gasteiger partial charge in [0.05, 0.1) is 26.2 Å². The van der Waals surface area contributed by atoms with E-state index >= 15 is 0 Å². The van der Waals surface area contributed by atoms with Gasteiger partial charge in [-0.15, -0.1) is 11.8 Å². The third-order valence-electron chi connectivity index (χ3n) is 6.32. The number of fused-ring (bicyclic) bond motifs is 1. The maximum atomic E-state index is 13.8. The molecule has 2 atom stereocenters. The average molecular weight is 441 g/mol. The number of likely N-dealkylation sites (tertiary alicyclic amines) is 1. The van der Waals surface area contributed by atoms with Crippen LogP contribution >= 0.6 is 11.8 Å². The highest BCUT2D eigenvalue weighted by Gasteiger charge is 2.45. The van der Waals surface area contributed by atoms with Gasteiger partial charge in [-0.3, -0.25) is 9.59 Å². The molecule has 0 aliphatic carbocycles. The first kappa shape index (κ1) is 21.6. The smallest absolute Gasteiger partial charge is 0.254 e. The summed E-state index contributed by atoms with van der Waals surface area (Å²) in [7, 11) is 4.89. The van der Waals surface area contributed by atoms with Crippen LogP contribution in [0, 0.1) is 0 Å². The number of carbonyl (C=O) groups is 2. The van der Waals surface area contributed by atoms with Crippen LogP contribution in [0.3, 0.4) is 0 Å². The monoisotopic (exact) mass is 440 g/mol. The molecule has 2 heterocycles. The van der Waals surface area contributed by atoms with Crippen molar-refractivity contribution >= 4 is 23.6 Å². The van der Waals surface area contributed by atoms with E-state index in [1.54, 1.807) is 50.1 Å². The molecule has 7 heteroatoms. The molecule has 31 heavy (non-hydrogen) atoms. The number of rotatable bonds is 5. The molecule has 1 fully saturated rings. The zero-order valence-corrected chi connectivity index (χ0v) is 19.2. The Kier molecular flexibility index (Phi) is 6.14. The standard InChI is InChI=1S/C24H28N2O4S/c1-25-22(15-7-9-16(31-4)10-8-15)21(24(28)26-11-5-6-12-26)17-13-19(29-2)20(30-3)14-18(17)23(25)27/h7-10,13-14,21-22H,5-6,11-12H2,1-4H3. The van der Waals surface area contributed by atoms with E-state index in [1.165, 1.54) is 0 Å². The van der Waals surface area contributed by atoms with E-state index in [4.69, 9.17) is 9.47 Å². The van der Waals surface area contributed by atoms with Crippen molar-refractivity contribution in [2.45, 2.75) is 29.7 Å². The van der Waals surface area contributed by atoms with Crippen LogP contribution in [0.1, 0.15) is 46.3 Å². The van der Waals surface area contributed by atoms with Crippen LogP contribution in [0.5, 0.6) is 11.5 Å². The zero-order chi connectivity index (χ0) is 22.1. The van der Waals surface area contributed by atoms with Crippen molar-refractivity contribution < 1.29 is 19.1 Å². The number of nitrogens with zero attached hydrogens (tertiary/aromatic N) is 2. The van der Waals surface area contributed by atoms with Crippen LogP contribution < -0.4 is 9.47 Å². The zero-order valence-electron chi connectivity index (χ0n) is 18.4. The molecule has 2 unspecified atom stereocenters. The minimum Gasteiger partial charge on any atom is -0.493 e. The molecular formula is C24H28N2O4S. The van der Waals surface area contributed by atoms with Crippen molar-refractivity contribution in [3.8, 4) is 11.5 Å². The minimum absolute atomic E-state index is 0.0595. The lowest BCUT2D eigenvalue weighted by Gasteiger charge is -2.41. The van der Waals surface area contributed by atoms with Crippen molar-refractivity contribution in [2.75, 3.05) is 40.6 Å². The molecule has 2 aliphatic heterocycles. The third kappa shape index (κ3) is 3.76. The number of methoxy groups -OCH3 is 2. The first-order valence-electron chi connectivity index (χ1n) is 10.5. The second kappa shape index (κ2) is 8.83. The van der Waals surface area contributed by atoms with Crippen LogP contribution in [0.15, 0.2) is 41.3 Å². The molecule has 0 spiro atoms. The molecule has 0 bridgehead atoms. The van der Waals surface area contributed by atoms with Gasteiger partial charge in [-0.05, 0) is 54.5 Å². The van der Waals surface area contributed by atoms with E-state index in [1.807, 2.05) is 35.4 Å². The summed E-state index contributed by atoms with van der Waals surface area (Å²) in [5.41, 5.74) is 2.15. The average Bonchev–Trinajstić information content (AvgIpc) is 3.35. The number of benzene rings is 2. The van der Waals surface area contributed by atoms with Gasteiger partial charge in [0.15, 0.2) is 11.5 Å². The van der Waals surface area contributed by atoms with Gasteiger partial charge < -0.3 is 19.3 Å². The van der Waals surface area contributed by atoms with E-state index in [2.05, 4.69) is 0 Å². The topological polar surface area (TPSA) is 59.1 Å². The van der Waals surface area contributed by atoms with E-state index in [-0.39, 0.29) is 17.9 Å². The Hall–Kier alpha value is -2.67. The second-order valence-corrected chi connectivity index (χ2v) is 8.82. The summed E-state index contributed by atoms with van der Waals surface area (Å²) in [5.74, 6) is 0.438. The number of thioether (sulfide) groups is 1. The fraction of sp³-hybridized carbons (Fsp3) is 0.417. The Morgan fingerprint density at radius 3 is 2.23 bits per heavy atom. The molecule has 0 aromatic heterocycles. The normalized spacial score (nSPS) is 20.6. The molecule has 2 amide bonds. The van der Waals surface area contributed by atoms with Crippen LogP contribution in [0.2, 0.25) is 0 Å². The number of ether oxygens (including phenoxy) is 2. The number of hydrogen-bond acceptors (Lipinski definition) is 5. The van der Waals surface area contributed by atoms with Gasteiger partial charge in [0.1, 0.15) is 0 Å². The fourth-order valence-electron chi connectivity index (χ4n) is 4.67. The summed E-state index contributed by atoms with van der Waals surface area (Å²) >= 11 is 1.66. The van der Waals surface area contributed by atoms with E-state index in [0.29, 0.717) is 22.6 Å². The van der Waals surface area contributed by atoms with Crippen LogP contribution in [-0.4, -0.2) is 62.2 Å². The predicted molar refractivity (Wildman–Crippen MR) is 121 cm³/mol.